The molecule has 0 saturated carbocycles. The predicted molar refractivity (Wildman–Crippen MR) is 139 cm³/mol. The van der Waals surface area contributed by atoms with Crippen molar-refractivity contribution in [1.29, 1.82) is 0 Å². The number of ketones is 1. The zero-order chi connectivity index (χ0) is 24.4. The van der Waals surface area contributed by atoms with Gasteiger partial charge in [-0.05, 0) is 24.7 Å². The van der Waals surface area contributed by atoms with E-state index in [2.05, 4.69) is 4.90 Å². The summed E-state index contributed by atoms with van der Waals surface area (Å²) in [5.74, 6) is 0.559. The van der Waals surface area contributed by atoms with Crippen LogP contribution in [0.1, 0.15) is 28.8 Å². The van der Waals surface area contributed by atoms with Crippen molar-refractivity contribution in [2.45, 2.75) is 37.1 Å². The Morgan fingerprint density at radius 1 is 1.06 bits per heavy atom. The van der Waals surface area contributed by atoms with Crippen molar-refractivity contribution in [1.82, 2.24) is 19.1 Å². The SMILES string of the molecule is CSc1nc2nc(N3CCCC(N)C3)n(Cc3ccccc3)c2c(=O)n1CC(=O)c1ccccc1. The Bertz CT molecular complexity index is 1400. The molecular formula is C26H28N6O2S. The largest absolute Gasteiger partial charge is 0.341 e. The van der Waals surface area contributed by atoms with Crippen molar-refractivity contribution in [2.75, 3.05) is 24.2 Å². The lowest BCUT2D eigenvalue weighted by Gasteiger charge is -2.31. The summed E-state index contributed by atoms with van der Waals surface area (Å²) in [6.45, 7) is 1.89. The van der Waals surface area contributed by atoms with Crippen LogP contribution in [-0.4, -0.2) is 50.3 Å². The molecule has 2 N–H and O–H groups in total. The van der Waals surface area contributed by atoms with Gasteiger partial charge in [-0.3, -0.25) is 18.7 Å². The number of rotatable bonds is 7. The van der Waals surface area contributed by atoms with E-state index in [1.807, 2.05) is 59.4 Å². The molecule has 0 bridgehead atoms. The van der Waals surface area contributed by atoms with E-state index in [1.165, 1.54) is 16.3 Å². The maximum absolute atomic E-state index is 13.9. The highest BCUT2D eigenvalue weighted by Gasteiger charge is 2.26. The second-order valence-corrected chi connectivity index (χ2v) is 9.56. The number of Topliss-reactive ketones (excluding diaryl/α,β-unsaturated/α-hetero) is 1. The predicted octanol–water partition coefficient (Wildman–Crippen LogP) is 3.17. The van der Waals surface area contributed by atoms with Gasteiger partial charge < -0.3 is 10.6 Å². The number of aromatic nitrogens is 4. The molecule has 1 saturated heterocycles. The molecule has 3 heterocycles. The normalized spacial score (nSPS) is 16.1. The van der Waals surface area contributed by atoms with Gasteiger partial charge in [-0.2, -0.15) is 4.98 Å². The first-order valence-corrected chi connectivity index (χ1v) is 13.0. The number of nitrogens with zero attached hydrogens (tertiary/aromatic N) is 5. The summed E-state index contributed by atoms with van der Waals surface area (Å²) in [6.07, 6.45) is 3.79. The van der Waals surface area contributed by atoms with Crippen LogP contribution in [0, 0.1) is 0 Å². The molecule has 9 heteroatoms. The molecule has 0 aliphatic carbocycles. The first kappa shape index (κ1) is 23.3. The number of hydrogen-bond donors (Lipinski definition) is 1. The molecule has 1 atom stereocenters. The van der Waals surface area contributed by atoms with Crippen LogP contribution in [0.4, 0.5) is 5.95 Å². The molecule has 0 amide bonds. The lowest BCUT2D eigenvalue weighted by molar-refractivity contribution is 0.0967. The van der Waals surface area contributed by atoms with Crippen molar-refractivity contribution in [3.8, 4) is 0 Å². The van der Waals surface area contributed by atoms with Crippen LogP contribution < -0.4 is 16.2 Å². The fourth-order valence-corrected chi connectivity index (χ4v) is 5.13. The molecule has 2 aromatic heterocycles. The number of benzene rings is 2. The molecule has 8 nitrogen and oxygen atoms in total. The Morgan fingerprint density at radius 3 is 2.46 bits per heavy atom. The van der Waals surface area contributed by atoms with E-state index in [9.17, 15) is 9.59 Å². The topological polar surface area (TPSA) is 99.0 Å². The average molecular weight is 489 g/mol. The monoisotopic (exact) mass is 488 g/mol. The number of fused-ring (bicyclic) bond motifs is 1. The lowest BCUT2D eigenvalue weighted by Crippen LogP contribution is -2.44. The minimum Gasteiger partial charge on any atom is -0.341 e. The smallest absolute Gasteiger partial charge is 0.280 e. The first-order valence-electron chi connectivity index (χ1n) is 11.7. The Kier molecular flexibility index (Phi) is 6.70. The van der Waals surface area contributed by atoms with E-state index in [1.54, 1.807) is 12.1 Å². The Hall–Kier alpha value is -3.43. The van der Waals surface area contributed by atoms with Crippen LogP contribution in [0.25, 0.3) is 11.2 Å². The summed E-state index contributed by atoms with van der Waals surface area (Å²) >= 11 is 1.33. The number of carbonyl (C=O) groups excluding carboxylic acids is 1. The highest BCUT2D eigenvalue weighted by atomic mass is 32.2. The molecule has 35 heavy (non-hydrogen) atoms. The molecule has 1 unspecified atom stereocenters. The standard InChI is InChI=1S/C26H28N6O2S/c1-35-26-29-23-22(24(34)32(26)17-21(33)19-11-6-3-7-12-19)31(15-18-9-4-2-5-10-18)25(28-23)30-14-8-13-20(27)16-30/h2-7,9-12,20H,8,13-17,27H2,1H3. The van der Waals surface area contributed by atoms with Crippen LogP contribution in [-0.2, 0) is 13.1 Å². The van der Waals surface area contributed by atoms with Crippen LogP contribution in [0.2, 0.25) is 0 Å². The number of carbonyl (C=O) groups is 1. The van der Waals surface area contributed by atoms with Crippen molar-refractivity contribution in [2.24, 2.45) is 5.73 Å². The van der Waals surface area contributed by atoms with Crippen LogP contribution >= 0.6 is 11.8 Å². The summed E-state index contributed by atoms with van der Waals surface area (Å²) in [7, 11) is 0. The second-order valence-electron chi connectivity index (χ2n) is 8.78. The number of imidazole rings is 1. The number of nitrogens with two attached hydrogens (primary N) is 1. The molecule has 5 rings (SSSR count). The molecular weight excluding hydrogens is 460 g/mol. The Balaban J connectivity index is 1.65. The minimum atomic E-state index is -0.264. The fraction of sp³-hybridized carbons (Fsp3) is 0.308. The average Bonchev–Trinajstić information content (AvgIpc) is 3.24. The van der Waals surface area contributed by atoms with E-state index in [-0.39, 0.29) is 23.9 Å². The van der Waals surface area contributed by atoms with Crippen molar-refractivity contribution in [3.05, 3.63) is 82.1 Å². The van der Waals surface area contributed by atoms with Gasteiger partial charge >= 0.3 is 0 Å². The number of thioether (sulfide) groups is 1. The van der Waals surface area contributed by atoms with Crippen molar-refractivity contribution >= 4 is 34.7 Å². The lowest BCUT2D eigenvalue weighted by atomic mass is 10.1. The van der Waals surface area contributed by atoms with Crippen LogP contribution in [0.3, 0.4) is 0 Å². The number of piperidine rings is 1. The number of anilines is 1. The first-order chi connectivity index (χ1) is 17.0. The fourth-order valence-electron chi connectivity index (χ4n) is 4.59. The molecule has 1 aliphatic rings. The quantitative estimate of drug-likeness (QED) is 0.242. The van der Waals surface area contributed by atoms with Crippen molar-refractivity contribution < 1.29 is 4.79 Å². The Morgan fingerprint density at radius 2 is 1.77 bits per heavy atom. The van der Waals surface area contributed by atoms with Crippen LogP contribution in [0.15, 0.2) is 70.6 Å². The van der Waals surface area contributed by atoms with Gasteiger partial charge in [-0.25, -0.2) is 4.98 Å². The molecule has 0 spiro atoms. The molecule has 2 aromatic carbocycles. The van der Waals surface area contributed by atoms with E-state index >= 15 is 0 Å². The highest BCUT2D eigenvalue weighted by Crippen LogP contribution is 2.25. The maximum Gasteiger partial charge on any atom is 0.280 e. The zero-order valence-corrected chi connectivity index (χ0v) is 20.4. The summed E-state index contributed by atoms with van der Waals surface area (Å²) in [6, 6.07) is 19.0. The van der Waals surface area contributed by atoms with E-state index in [4.69, 9.17) is 15.7 Å². The zero-order valence-electron chi connectivity index (χ0n) is 19.6. The van der Waals surface area contributed by atoms with Gasteiger partial charge in [-0.15, -0.1) is 0 Å². The molecule has 1 fully saturated rings. The second kappa shape index (κ2) is 10.1. The molecule has 0 radical (unpaired) electrons. The van der Waals surface area contributed by atoms with Gasteiger partial charge in [0.25, 0.3) is 5.56 Å². The van der Waals surface area contributed by atoms with Gasteiger partial charge in [0, 0.05) is 24.7 Å². The van der Waals surface area contributed by atoms with Gasteiger partial charge in [0.1, 0.15) is 0 Å². The minimum absolute atomic E-state index is 0.0589. The van der Waals surface area contributed by atoms with Gasteiger partial charge in [-0.1, -0.05) is 72.4 Å². The molecule has 4 aromatic rings. The molecule has 180 valence electrons. The van der Waals surface area contributed by atoms with E-state index in [0.29, 0.717) is 40.9 Å². The van der Waals surface area contributed by atoms with E-state index < -0.39 is 0 Å². The maximum atomic E-state index is 13.9. The van der Waals surface area contributed by atoms with Crippen LogP contribution in [0.5, 0.6) is 0 Å². The van der Waals surface area contributed by atoms with E-state index in [0.717, 1.165) is 24.9 Å². The summed E-state index contributed by atoms with van der Waals surface area (Å²) in [5.41, 5.74) is 8.42. The summed E-state index contributed by atoms with van der Waals surface area (Å²) < 4.78 is 3.41. The van der Waals surface area contributed by atoms with Crippen molar-refractivity contribution in [3.63, 3.8) is 0 Å². The highest BCUT2D eigenvalue weighted by molar-refractivity contribution is 7.98. The number of hydrogen-bond acceptors (Lipinski definition) is 7. The third-order valence-electron chi connectivity index (χ3n) is 6.31. The van der Waals surface area contributed by atoms with Gasteiger partial charge in [0.2, 0.25) is 5.95 Å². The summed E-state index contributed by atoms with van der Waals surface area (Å²) in [5, 5.41) is 0.470. The Labute approximate surface area is 207 Å². The third kappa shape index (κ3) is 4.74. The molecule has 1 aliphatic heterocycles. The third-order valence-corrected chi connectivity index (χ3v) is 6.99. The summed E-state index contributed by atoms with van der Waals surface area (Å²) in [4.78, 5) is 38.6. The van der Waals surface area contributed by atoms with Gasteiger partial charge in [0.05, 0.1) is 13.1 Å². The van der Waals surface area contributed by atoms with Gasteiger partial charge in [0.15, 0.2) is 22.1 Å².